The number of furan rings is 1. The van der Waals surface area contributed by atoms with Crippen molar-refractivity contribution >= 4 is 11.9 Å². The maximum atomic E-state index is 11.7. The summed E-state index contributed by atoms with van der Waals surface area (Å²) in [6.45, 7) is 9.61. The van der Waals surface area contributed by atoms with Crippen LogP contribution in [0.15, 0.2) is 27.8 Å². The Morgan fingerprint density at radius 3 is 2.65 bits per heavy atom. The second-order valence-corrected chi connectivity index (χ2v) is 6.25. The molecule has 1 aromatic heterocycles. The lowest BCUT2D eigenvalue weighted by Gasteiger charge is -2.19. The number of hydrogen-bond acceptors (Lipinski definition) is 4. The average Bonchev–Trinajstić information content (AvgIpc) is 2.95. The molecule has 0 spiro atoms. The van der Waals surface area contributed by atoms with E-state index in [-0.39, 0.29) is 5.97 Å². The third-order valence-electron chi connectivity index (χ3n) is 2.78. The predicted octanol–water partition coefficient (Wildman–Crippen LogP) is 2.50. The average molecular weight is 323 g/mol. The Kier molecular flexibility index (Phi) is 8.22. The summed E-state index contributed by atoms with van der Waals surface area (Å²) < 4.78 is 10.6. The van der Waals surface area contributed by atoms with Crippen molar-refractivity contribution in [2.75, 3.05) is 19.6 Å². The van der Waals surface area contributed by atoms with Crippen LogP contribution in [0.1, 0.15) is 46.3 Å². The van der Waals surface area contributed by atoms with Gasteiger partial charge in [0.05, 0.1) is 12.7 Å². The van der Waals surface area contributed by atoms with Gasteiger partial charge in [-0.05, 0) is 39.3 Å². The Morgan fingerprint density at radius 2 is 2.04 bits per heavy atom. The quantitative estimate of drug-likeness (QED) is 0.437. The van der Waals surface area contributed by atoms with E-state index in [1.807, 2.05) is 32.9 Å². The van der Waals surface area contributed by atoms with Crippen LogP contribution < -0.4 is 10.6 Å². The second-order valence-electron chi connectivity index (χ2n) is 6.25. The fourth-order valence-electron chi connectivity index (χ4n) is 1.83. The molecule has 0 bridgehead atoms. The van der Waals surface area contributed by atoms with Crippen molar-refractivity contribution < 1.29 is 13.9 Å². The monoisotopic (exact) mass is 323 g/mol. The molecule has 0 atom stereocenters. The van der Waals surface area contributed by atoms with Gasteiger partial charge in [-0.3, -0.25) is 9.79 Å². The molecule has 0 aliphatic carbocycles. The Hall–Kier alpha value is -1.98. The molecule has 1 aromatic rings. The van der Waals surface area contributed by atoms with Crippen LogP contribution in [0.4, 0.5) is 0 Å². The van der Waals surface area contributed by atoms with Crippen LogP contribution in [0, 0.1) is 0 Å². The Balaban J connectivity index is 2.32. The molecule has 1 heterocycles. The summed E-state index contributed by atoms with van der Waals surface area (Å²) in [5.74, 6) is 1.43. The SMILES string of the molecule is CCCN=C(NCCC(=O)OC(C)(C)C)NCCc1ccco1. The van der Waals surface area contributed by atoms with Gasteiger partial charge in [-0.15, -0.1) is 0 Å². The first-order valence-corrected chi connectivity index (χ1v) is 8.17. The smallest absolute Gasteiger partial charge is 0.308 e. The van der Waals surface area contributed by atoms with Crippen LogP contribution in [0.3, 0.4) is 0 Å². The molecule has 0 aromatic carbocycles. The van der Waals surface area contributed by atoms with Crippen molar-refractivity contribution in [1.29, 1.82) is 0 Å². The lowest BCUT2D eigenvalue weighted by molar-refractivity contribution is -0.154. The van der Waals surface area contributed by atoms with Gasteiger partial charge in [0.1, 0.15) is 11.4 Å². The van der Waals surface area contributed by atoms with E-state index in [1.54, 1.807) is 6.26 Å². The van der Waals surface area contributed by atoms with Crippen LogP contribution in [0.2, 0.25) is 0 Å². The number of guanidine groups is 1. The number of aliphatic imine (C=N–C) groups is 1. The van der Waals surface area contributed by atoms with Crippen LogP contribution in [0.25, 0.3) is 0 Å². The zero-order valence-corrected chi connectivity index (χ0v) is 14.6. The number of ether oxygens (including phenoxy) is 1. The molecule has 23 heavy (non-hydrogen) atoms. The van der Waals surface area contributed by atoms with Gasteiger partial charge < -0.3 is 19.8 Å². The number of carbonyl (C=O) groups is 1. The Bertz CT molecular complexity index is 476. The van der Waals surface area contributed by atoms with Crippen LogP contribution in [-0.2, 0) is 16.0 Å². The summed E-state index contributed by atoms with van der Waals surface area (Å²) in [6.07, 6.45) is 3.73. The number of carbonyl (C=O) groups excluding carboxylic acids is 1. The molecule has 2 N–H and O–H groups in total. The zero-order valence-electron chi connectivity index (χ0n) is 14.6. The minimum absolute atomic E-state index is 0.213. The predicted molar refractivity (Wildman–Crippen MR) is 91.5 cm³/mol. The van der Waals surface area contributed by atoms with Crippen molar-refractivity contribution in [1.82, 2.24) is 10.6 Å². The molecule has 0 unspecified atom stereocenters. The zero-order chi connectivity index (χ0) is 17.1. The molecule has 0 radical (unpaired) electrons. The normalized spacial score (nSPS) is 12.1. The van der Waals surface area contributed by atoms with Crippen LogP contribution in [-0.4, -0.2) is 37.2 Å². The highest BCUT2D eigenvalue weighted by Gasteiger charge is 2.15. The fourth-order valence-corrected chi connectivity index (χ4v) is 1.83. The molecule has 0 fully saturated rings. The van der Waals surface area contributed by atoms with E-state index in [4.69, 9.17) is 9.15 Å². The Morgan fingerprint density at radius 1 is 1.30 bits per heavy atom. The molecular weight excluding hydrogens is 294 g/mol. The van der Waals surface area contributed by atoms with Crippen molar-refractivity contribution in [3.63, 3.8) is 0 Å². The number of esters is 1. The number of hydrogen-bond donors (Lipinski definition) is 2. The highest BCUT2D eigenvalue weighted by atomic mass is 16.6. The van der Waals surface area contributed by atoms with Gasteiger partial charge in [-0.25, -0.2) is 0 Å². The van der Waals surface area contributed by atoms with Gasteiger partial charge in [0.25, 0.3) is 0 Å². The molecule has 0 saturated carbocycles. The third kappa shape index (κ3) is 9.60. The molecular formula is C17H29N3O3. The molecule has 0 amide bonds. The number of nitrogens with zero attached hydrogens (tertiary/aromatic N) is 1. The van der Waals surface area contributed by atoms with E-state index in [2.05, 4.69) is 22.5 Å². The fraction of sp³-hybridized carbons (Fsp3) is 0.647. The molecule has 0 aliphatic heterocycles. The molecule has 0 aliphatic rings. The van der Waals surface area contributed by atoms with Crippen molar-refractivity contribution in [2.24, 2.45) is 4.99 Å². The highest BCUT2D eigenvalue weighted by molar-refractivity contribution is 5.80. The maximum Gasteiger partial charge on any atom is 0.308 e. The van der Waals surface area contributed by atoms with Gasteiger partial charge in [0.15, 0.2) is 5.96 Å². The molecule has 130 valence electrons. The molecule has 6 heteroatoms. The summed E-state index contributed by atoms with van der Waals surface area (Å²) in [6, 6.07) is 3.82. The second kappa shape index (κ2) is 9.92. The lowest BCUT2D eigenvalue weighted by Crippen LogP contribution is -2.40. The first-order chi connectivity index (χ1) is 10.9. The lowest BCUT2D eigenvalue weighted by atomic mass is 10.2. The minimum atomic E-state index is -0.447. The highest BCUT2D eigenvalue weighted by Crippen LogP contribution is 2.07. The topological polar surface area (TPSA) is 75.9 Å². The van der Waals surface area contributed by atoms with Gasteiger partial charge >= 0.3 is 5.97 Å². The van der Waals surface area contributed by atoms with Gasteiger partial charge in [0.2, 0.25) is 0 Å². The van der Waals surface area contributed by atoms with Gasteiger partial charge in [-0.2, -0.15) is 0 Å². The minimum Gasteiger partial charge on any atom is -0.469 e. The molecule has 0 saturated heterocycles. The first-order valence-electron chi connectivity index (χ1n) is 8.17. The maximum absolute atomic E-state index is 11.7. The summed E-state index contributed by atoms with van der Waals surface area (Å²) >= 11 is 0. The van der Waals surface area contributed by atoms with Crippen molar-refractivity contribution in [3.8, 4) is 0 Å². The van der Waals surface area contributed by atoms with E-state index in [0.717, 1.165) is 31.7 Å². The molecule has 1 rings (SSSR count). The van der Waals surface area contributed by atoms with E-state index >= 15 is 0 Å². The first kappa shape index (κ1) is 19.1. The van der Waals surface area contributed by atoms with E-state index in [0.29, 0.717) is 18.9 Å². The van der Waals surface area contributed by atoms with E-state index in [1.165, 1.54) is 0 Å². The van der Waals surface area contributed by atoms with Crippen LogP contribution in [0.5, 0.6) is 0 Å². The van der Waals surface area contributed by atoms with Gasteiger partial charge in [-0.1, -0.05) is 6.92 Å². The molecule has 6 nitrogen and oxygen atoms in total. The van der Waals surface area contributed by atoms with E-state index < -0.39 is 5.60 Å². The summed E-state index contributed by atoms with van der Waals surface area (Å²) in [5.41, 5.74) is -0.447. The van der Waals surface area contributed by atoms with Crippen molar-refractivity contribution in [3.05, 3.63) is 24.2 Å². The largest absolute Gasteiger partial charge is 0.469 e. The summed E-state index contributed by atoms with van der Waals surface area (Å²) in [5, 5.41) is 6.40. The van der Waals surface area contributed by atoms with Gasteiger partial charge in [0, 0.05) is 26.1 Å². The Labute approximate surface area is 138 Å². The van der Waals surface area contributed by atoms with Crippen LogP contribution >= 0.6 is 0 Å². The van der Waals surface area contributed by atoms with E-state index in [9.17, 15) is 4.79 Å². The standard InChI is InChI=1S/C17H29N3O3/c1-5-10-18-16(19-11-8-14-7-6-13-22-14)20-12-9-15(21)23-17(2,3)4/h6-7,13H,5,8-12H2,1-4H3,(H2,18,19,20). The number of nitrogens with one attached hydrogen (secondary N) is 2. The summed E-state index contributed by atoms with van der Waals surface area (Å²) in [7, 11) is 0. The number of rotatable bonds is 8. The summed E-state index contributed by atoms with van der Waals surface area (Å²) in [4.78, 5) is 16.1. The van der Waals surface area contributed by atoms with Crippen molar-refractivity contribution in [2.45, 2.75) is 52.6 Å². The third-order valence-corrected chi connectivity index (χ3v) is 2.78.